The zero-order valence-corrected chi connectivity index (χ0v) is 14.3. The molecule has 7 nitrogen and oxygen atoms in total. The first-order valence-corrected chi connectivity index (χ1v) is 8.54. The lowest BCUT2D eigenvalue weighted by molar-refractivity contribution is 0.273. The predicted molar refractivity (Wildman–Crippen MR) is 102 cm³/mol. The summed E-state index contributed by atoms with van der Waals surface area (Å²) in [6.45, 7) is -0.108. The van der Waals surface area contributed by atoms with E-state index in [1.165, 1.54) is 0 Å². The third-order valence-corrected chi connectivity index (χ3v) is 4.51. The predicted octanol–water partition coefficient (Wildman–Crippen LogP) is 3.09. The van der Waals surface area contributed by atoms with Crippen LogP contribution < -0.4 is 0 Å². The Kier molecular flexibility index (Phi) is 3.58. The molecule has 2 aromatic carbocycles. The minimum Gasteiger partial charge on any atom is -0.388 e. The van der Waals surface area contributed by atoms with Crippen LogP contribution in [0.3, 0.4) is 0 Å². The molecule has 0 unspecified atom stereocenters. The van der Waals surface area contributed by atoms with Crippen molar-refractivity contribution in [1.82, 2.24) is 29.1 Å². The molecule has 0 radical (unpaired) electrons. The van der Waals surface area contributed by atoms with Gasteiger partial charge < -0.3 is 14.7 Å². The molecule has 7 heteroatoms. The van der Waals surface area contributed by atoms with E-state index < -0.39 is 0 Å². The molecule has 5 aromatic rings. The standard InChI is InChI=1S/C20H16N6O/c27-12-19-23-17-6-5-16(11-18(17)24-19)26-10-8-22-20(26)14-1-3-15(4-2-14)25-9-7-21-13-25/h1-11,13,27H,12H2,(H,23,24). The minimum atomic E-state index is -0.108. The molecule has 3 aromatic heterocycles. The second-order valence-electron chi connectivity index (χ2n) is 6.18. The maximum Gasteiger partial charge on any atom is 0.144 e. The van der Waals surface area contributed by atoms with Gasteiger partial charge in [-0.15, -0.1) is 0 Å². The van der Waals surface area contributed by atoms with Crippen molar-refractivity contribution in [2.75, 3.05) is 0 Å². The van der Waals surface area contributed by atoms with E-state index in [-0.39, 0.29) is 6.61 Å². The van der Waals surface area contributed by atoms with Crippen LogP contribution in [-0.4, -0.2) is 34.2 Å². The van der Waals surface area contributed by atoms with Crippen molar-refractivity contribution in [1.29, 1.82) is 0 Å². The molecule has 2 N–H and O–H groups in total. The van der Waals surface area contributed by atoms with E-state index in [4.69, 9.17) is 0 Å². The summed E-state index contributed by atoms with van der Waals surface area (Å²) in [6.07, 6.45) is 9.17. The maximum absolute atomic E-state index is 9.26. The number of nitrogens with zero attached hydrogens (tertiary/aromatic N) is 5. The molecule has 3 heterocycles. The lowest BCUT2D eigenvalue weighted by atomic mass is 10.2. The first-order valence-electron chi connectivity index (χ1n) is 8.54. The van der Waals surface area contributed by atoms with Gasteiger partial charge in [0.05, 0.1) is 17.4 Å². The number of fused-ring (bicyclic) bond motifs is 1. The summed E-state index contributed by atoms with van der Waals surface area (Å²) in [7, 11) is 0. The Hall–Kier alpha value is -3.71. The quantitative estimate of drug-likeness (QED) is 0.518. The normalized spacial score (nSPS) is 11.3. The van der Waals surface area contributed by atoms with Crippen LogP contribution in [0.2, 0.25) is 0 Å². The van der Waals surface area contributed by atoms with Gasteiger partial charge in [-0.3, -0.25) is 4.57 Å². The molecule has 0 atom stereocenters. The monoisotopic (exact) mass is 356 g/mol. The largest absolute Gasteiger partial charge is 0.388 e. The van der Waals surface area contributed by atoms with E-state index in [2.05, 4.69) is 19.9 Å². The summed E-state index contributed by atoms with van der Waals surface area (Å²) in [5, 5.41) is 9.26. The number of aliphatic hydroxyl groups is 1. The Labute approximate surface area is 154 Å². The van der Waals surface area contributed by atoms with Crippen molar-refractivity contribution in [3.63, 3.8) is 0 Å². The van der Waals surface area contributed by atoms with Crippen LogP contribution in [0.4, 0.5) is 0 Å². The third kappa shape index (κ3) is 2.70. The van der Waals surface area contributed by atoms with Gasteiger partial charge in [-0.2, -0.15) is 0 Å². The van der Waals surface area contributed by atoms with E-state index >= 15 is 0 Å². The van der Waals surface area contributed by atoms with E-state index in [9.17, 15) is 5.11 Å². The van der Waals surface area contributed by atoms with Crippen molar-refractivity contribution in [2.45, 2.75) is 6.61 Å². The molecule has 0 spiro atoms. The van der Waals surface area contributed by atoms with E-state index in [0.717, 1.165) is 33.8 Å². The summed E-state index contributed by atoms with van der Waals surface area (Å²) in [6, 6.07) is 14.1. The molecule has 0 aliphatic rings. The Morgan fingerprint density at radius 3 is 2.59 bits per heavy atom. The van der Waals surface area contributed by atoms with Gasteiger partial charge in [0.25, 0.3) is 0 Å². The second-order valence-corrected chi connectivity index (χ2v) is 6.18. The highest BCUT2D eigenvalue weighted by molar-refractivity contribution is 5.78. The molecule has 0 saturated carbocycles. The first-order chi connectivity index (χ1) is 13.3. The number of hydrogen-bond donors (Lipinski definition) is 2. The number of aromatic amines is 1. The van der Waals surface area contributed by atoms with E-state index in [0.29, 0.717) is 5.82 Å². The maximum atomic E-state index is 9.26. The van der Waals surface area contributed by atoms with E-state index in [1.807, 2.05) is 64.0 Å². The number of H-pyrrole nitrogens is 1. The smallest absolute Gasteiger partial charge is 0.144 e. The number of rotatable bonds is 4. The van der Waals surface area contributed by atoms with Gasteiger partial charge in [-0.25, -0.2) is 15.0 Å². The van der Waals surface area contributed by atoms with Gasteiger partial charge >= 0.3 is 0 Å². The Balaban J connectivity index is 1.54. The molecule has 5 rings (SSSR count). The average molecular weight is 356 g/mol. The zero-order valence-electron chi connectivity index (χ0n) is 14.3. The van der Waals surface area contributed by atoms with Gasteiger partial charge in [0, 0.05) is 41.7 Å². The SMILES string of the molecule is OCc1nc2ccc(-n3ccnc3-c3ccc(-n4ccnc4)cc3)cc2[nH]1. The van der Waals surface area contributed by atoms with Gasteiger partial charge in [-0.1, -0.05) is 0 Å². The van der Waals surface area contributed by atoms with Crippen LogP contribution in [0, 0.1) is 0 Å². The van der Waals surface area contributed by atoms with Crippen LogP contribution in [0.1, 0.15) is 5.82 Å². The van der Waals surface area contributed by atoms with Crippen molar-refractivity contribution in [2.24, 2.45) is 0 Å². The Morgan fingerprint density at radius 1 is 0.963 bits per heavy atom. The highest BCUT2D eigenvalue weighted by Gasteiger charge is 2.10. The summed E-state index contributed by atoms with van der Waals surface area (Å²) in [5.41, 5.74) is 4.75. The molecular formula is C20H16N6O. The highest BCUT2D eigenvalue weighted by Crippen LogP contribution is 2.24. The summed E-state index contributed by atoms with van der Waals surface area (Å²) < 4.78 is 3.99. The summed E-state index contributed by atoms with van der Waals surface area (Å²) >= 11 is 0. The molecule has 27 heavy (non-hydrogen) atoms. The fourth-order valence-corrected chi connectivity index (χ4v) is 3.20. The number of imidazole rings is 3. The number of hydrogen-bond acceptors (Lipinski definition) is 4. The number of benzene rings is 2. The average Bonchev–Trinajstić information content (AvgIpc) is 3.47. The fraction of sp³-hybridized carbons (Fsp3) is 0.0500. The van der Waals surface area contributed by atoms with Gasteiger partial charge in [0.1, 0.15) is 18.3 Å². The molecule has 0 aliphatic carbocycles. The fourth-order valence-electron chi connectivity index (χ4n) is 3.20. The molecule has 0 amide bonds. The molecular weight excluding hydrogens is 340 g/mol. The molecule has 0 bridgehead atoms. The Morgan fingerprint density at radius 2 is 1.81 bits per heavy atom. The Bertz CT molecular complexity index is 1200. The van der Waals surface area contributed by atoms with Crippen molar-refractivity contribution in [3.8, 4) is 22.8 Å². The second kappa shape index (κ2) is 6.22. The van der Waals surface area contributed by atoms with Crippen molar-refractivity contribution >= 4 is 11.0 Å². The number of aromatic nitrogens is 6. The summed E-state index contributed by atoms with van der Waals surface area (Å²) in [5.74, 6) is 1.41. The van der Waals surface area contributed by atoms with Gasteiger partial charge in [0.15, 0.2) is 0 Å². The van der Waals surface area contributed by atoms with Gasteiger partial charge in [-0.05, 0) is 42.5 Å². The lowest BCUT2D eigenvalue weighted by Crippen LogP contribution is -1.97. The molecule has 132 valence electrons. The number of nitrogens with one attached hydrogen (secondary N) is 1. The van der Waals surface area contributed by atoms with E-state index in [1.54, 1.807) is 18.7 Å². The molecule has 0 saturated heterocycles. The number of aliphatic hydroxyl groups excluding tert-OH is 1. The van der Waals surface area contributed by atoms with Crippen molar-refractivity contribution in [3.05, 3.63) is 79.4 Å². The summed E-state index contributed by atoms with van der Waals surface area (Å²) in [4.78, 5) is 16.1. The van der Waals surface area contributed by atoms with Crippen molar-refractivity contribution < 1.29 is 5.11 Å². The van der Waals surface area contributed by atoms with Crippen LogP contribution in [0.25, 0.3) is 33.8 Å². The highest BCUT2D eigenvalue weighted by atomic mass is 16.3. The van der Waals surface area contributed by atoms with Crippen LogP contribution in [-0.2, 0) is 6.61 Å². The minimum absolute atomic E-state index is 0.108. The lowest BCUT2D eigenvalue weighted by Gasteiger charge is -2.09. The van der Waals surface area contributed by atoms with Crippen LogP contribution in [0.5, 0.6) is 0 Å². The zero-order chi connectivity index (χ0) is 18.2. The molecule has 0 aliphatic heterocycles. The topological polar surface area (TPSA) is 84.6 Å². The molecule has 0 fully saturated rings. The van der Waals surface area contributed by atoms with Crippen LogP contribution in [0.15, 0.2) is 73.6 Å². The first kappa shape index (κ1) is 15.5. The van der Waals surface area contributed by atoms with Crippen LogP contribution >= 0.6 is 0 Å². The third-order valence-electron chi connectivity index (χ3n) is 4.51. The van der Waals surface area contributed by atoms with Gasteiger partial charge in [0.2, 0.25) is 0 Å².